The standard InChI is InChI=1S/C12H18N2O/c1-10(15)12-9-13-7-8-14(12)11-5-3-2-4-6-11/h2-6,10,12-13,15H,7-9H2,1H3. The molecule has 2 unspecified atom stereocenters. The van der Waals surface area contributed by atoms with Crippen molar-refractivity contribution < 1.29 is 5.11 Å². The predicted molar refractivity (Wildman–Crippen MR) is 62.1 cm³/mol. The molecule has 1 aromatic rings. The second kappa shape index (κ2) is 4.64. The van der Waals surface area contributed by atoms with Crippen LogP contribution in [0.5, 0.6) is 0 Å². The van der Waals surface area contributed by atoms with Gasteiger partial charge in [-0.25, -0.2) is 0 Å². The first kappa shape index (κ1) is 10.5. The summed E-state index contributed by atoms with van der Waals surface area (Å²) in [7, 11) is 0. The smallest absolute Gasteiger partial charge is 0.0727 e. The van der Waals surface area contributed by atoms with E-state index in [9.17, 15) is 5.11 Å². The zero-order valence-electron chi connectivity index (χ0n) is 9.06. The molecule has 0 spiro atoms. The molecule has 82 valence electrons. The fourth-order valence-corrected chi connectivity index (χ4v) is 2.10. The van der Waals surface area contributed by atoms with Crippen LogP contribution in [0.3, 0.4) is 0 Å². The average Bonchev–Trinajstić information content (AvgIpc) is 2.30. The molecule has 3 heteroatoms. The molecule has 0 aliphatic carbocycles. The van der Waals surface area contributed by atoms with Gasteiger partial charge in [0.2, 0.25) is 0 Å². The lowest BCUT2D eigenvalue weighted by atomic mass is 10.1. The van der Waals surface area contributed by atoms with Gasteiger partial charge in [-0.3, -0.25) is 0 Å². The minimum Gasteiger partial charge on any atom is -0.391 e. The van der Waals surface area contributed by atoms with Crippen LogP contribution in [0.2, 0.25) is 0 Å². The first-order valence-electron chi connectivity index (χ1n) is 5.49. The summed E-state index contributed by atoms with van der Waals surface area (Å²) in [6, 6.07) is 10.5. The zero-order valence-corrected chi connectivity index (χ0v) is 9.06. The lowest BCUT2D eigenvalue weighted by Gasteiger charge is -2.39. The van der Waals surface area contributed by atoms with Gasteiger partial charge in [0.1, 0.15) is 0 Å². The Labute approximate surface area is 90.7 Å². The highest BCUT2D eigenvalue weighted by molar-refractivity contribution is 5.48. The molecular weight excluding hydrogens is 188 g/mol. The van der Waals surface area contributed by atoms with Crippen molar-refractivity contribution in [3.8, 4) is 0 Å². The van der Waals surface area contributed by atoms with Gasteiger partial charge in [-0.15, -0.1) is 0 Å². The monoisotopic (exact) mass is 206 g/mol. The van der Waals surface area contributed by atoms with Crippen LogP contribution in [-0.2, 0) is 0 Å². The number of rotatable bonds is 2. The van der Waals surface area contributed by atoms with E-state index in [0.717, 1.165) is 19.6 Å². The van der Waals surface area contributed by atoms with E-state index in [1.54, 1.807) is 0 Å². The molecular formula is C12H18N2O. The molecule has 1 saturated heterocycles. The van der Waals surface area contributed by atoms with Gasteiger partial charge in [-0.1, -0.05) is 18.2 Å². The highest BCUT2D eigenvalue weighted by Gasteiger charge is 2.25. The summed E-state index contributed by atoms with van der Waals surface area (Å²) in [6.07, 6.45) is -0.307. The number of aliphatic hydroxyl groups is 1. The van der Waals surface area contributed by atoms with Crippen molar-refractivity contribution in [3.05, 3.63) is 30.3 Å². The van der Waals surface area contributed by atoms with Crippen molar-refractivity contribution in [2.24, 2.45) is 0 Å². The van der Waals surface area contributed by atoms with Crippen LogP contribution in [0, 0.1) is 0 Å². The van der Waals surface area contributed by atoms with Crippen molar-refractivity contribution in [2.75, 3.05) is 24.5 Å². The minimum atomic E-state index is -0.307. The highest BCUT2D eigenvalue weighted by Crippen LogP contribution is 2.19. The van der Waals surface area contributed by atoms with Crippen LogP contribution in [0.15, 0.2) is 30.3 Å². The summed E-state index contributed by atoms with van der Waals surface area (Å²) >= 11 is 0. The molecule has 1 fully saturated rings. The van der Waals surface area contributed by atoms with E-state index in [1.807, 2.05) is 25.1 Å². The summed E-state index contributed by atoms with van der Waals surface area (Å²) in [6.45, 7) is 4.65. The van der Waals surface area contributed by atoms with E-state index in [-0.39, 0.29) is 12.1 Å². The van der Waals surface area contributed by atoms with Gasteiger partial charge >= 0.3 is 0 Å². The molecule has 1 heterocycles. The maximum atomic E-state index is 9.73. The third-order valence-corrected chi connectivity index (χ3v) is 2.93. The summed E-state index contributed by atoms with van der Waals surface area (Å²) < 4.78 is 0. The van der Waals surface area contributed by atoms with Crippen molar-refractivity contribution >= 4 is 5.69 Å². The van der Waals surface area contributed by atoms with Crippen molar-refractivity contribution in [3.63, 3.8) is 0 Å². The number of aliphatic hydroxyl groups excluding tert-OH is 1. The Morgan fingerprint density at radius 1 is 1.40 bits per heavy atom. The lowest BCUT2D eigenvalue weighted by Crippen LogP contribution is -2.55. The van der Waals surface area contributed by atoms with Gasteiger partial charge in [0, 0.05) is 25.3 Å². The SMILES string of the molecule is CC(O)C1CNCCN1c1ccccc1. The number of anilines is 1. The molecule has 1 aliphatic rings. The third-order valence-electron chi connectivity index (χ3n) is 2.93. The highest BCUT2D eigenvalue weighted by atomic mass is 16.3. The average molecular weight is 206 g/mol. The summed E-state index contributed by atoms with van der Waals surface area (Å²) in [5.41, 5.74) is 1.20. The Hall–Kier alpha value is -1.06. The molecule has 15 heavy (non-hydrogen) atoms. The molecule has 0 aromatic heterocycles. The molecule has 3 nitrogen and oxygen atoms in total. The largest absolute Gasteiger partial charge is 0.391 e. The molecule has 0 saturated carbocycles. The summed E-state index contributed by atoms with van der Waals surface area (Å²) in [5.74, 6) is 0. The van der Waals surface area contributed by atoms with Crippen LogP contribution in [-0.4, -0.2) is 36.9 Å². The maximum absolute atomic E-state index is 9.73. The van der Waals surface area contributed by atoms with E-state index in [0.29, 0.717) is 0 Å². The predicted octanol–water partition coefficient (Wildman–Crippen LogP) is 0.846. The van der Waals surface area contributed by atoms with Crippen molar-refractivity contribution in [2.45, 2.75) is 19.1 Å². The van der Waals surface area contributed by atoms with E-state index < -0.39 is 0 Å². The summed E-state index contributed by atoms with van der Waals surface area (Å²) in [5, 5.41) is 13.0. The Morgan fingerprint density at radius 3 is 2.80 bits per heavy atom. The molecule has 2 atom stereocenters. The third kappa shape index (κ3) is 2.30. The van der Waals surface area contributed by atoms with Gasteiger partial charge in [0.15, 0.2) is 0 Å². The number of benzene rings is 1. The van der Waals surface area contributed by atoms with Crippen LogP contribution < -0.4 is 10.2 Å². The summed E-state index contributed by atoms with van der Waals surface area (Å²) in [4.78, 5) is 2.28. The van der Waals surface area contributed by atoms with Crippen molar-refractivity contribution in [1.29, 1.82) is 0 Å². The molecule has 0 bridgehead atoms. The van der Waals surface area contributed by atoms with Crippen LogP contribution in [0.25, 0.3) is 0 Å². The van der Waals surface area contributed by atoms with Gasteiger partial charge in [-0.2, -0.15) is 0 Å². The van der Waals surface area contributed by atoms with E-state index >= 15 is 0 Å². The van der Waals surface area contributed by atoms with Crippen LogP contribution in [0.4, 0.5) is 5.69 Å². The normalized spacial score (nSPS) is 23.9. The fraction of sp³-hybridized carbons (Fsp3) is 0.500. The Balaban J connectivity index is 2.18. The quantitative estimate of drug-likeness (QED) is 0.753. The molecule has 2 rings (SSSR count). The fourth-order valence-electron chi connectivity index (χ4n) is 2.10. The zero-order chi connectivity index (χ0) is 10.7. The first-order valence-corrected chi connectivity index (χ1v) is 5.49. The molecule has 1 aliphatic heterocycles. The second-order valence-electron chi connectivity index (χ2n) is 4.04. The number of nitrogens with zero attached hydrogens (tertiary/aromatic N) is 1. The molecule has 2 N–H and O–H groups in total. The van der Waals surface area contributed by atoms with Gasteiger partial charge in [0.25, 0.3) is 0 Å². The van der Waals surface area contributed by atoms with E-state index in [1.165, 1.54) is 5.69 Å². The van der Waals surface area contributed by atoms with Crippen LogP contribution >= 0.6 is 0 Å². The second-order valence-corrected chi connectivity index (χ2v) is 4.04. The Bertz CT molecular complexity index is 300. The lowest BCUT2D eigenvalue weighted by molar-refractivity contribution is 0.151. The van der Waals surface area contributed by atoms with Crippen LogP contribution in [0.1, 0.15) is 6.92 Å². The topological polar surface area (TPSA) is 35.5 Å². The number of hydrogen-bond acceptors (Lipinski definition) is 3. The number of para-hydroxylation sites is 1. The van der Waals surface area contributed by atoms with Gasteiger partial charge < -0.3 is 15.3 Å². The Kier molecular flexibility index (Phi) is 3.23. The van der Waals surface area contributed by atoms with Gasteiger partial charge in [0.05, 0.1) is 12.1 Å². The number of nitrogens with one attached hydrogen (secondary N) is 1. The number of hydrogen-bond donors (Lipinski definition) is 2. The molecule has 1 aromatic carbocycles. The molecule has 0 amide bonds. The molecule has 0 radical (unpaired) electrons. The van der Waals surface area contributed by atoms with E-state index in [4.69, 9.17) is 0 Å². The Morgan fingerprint density at radius 2 is 2.13 bits per heavy atom. The van der Waals surface area contributed by atoms with E-state index in [2.05, 4.69) is 22.3 Å². The number of piperazine rings is 1. The minimum absolute atomic E-state index is 0.182. The van der Waals surface area contributed by atoms with Gasteiger partial charge in [-0.05, 0) is 19.1 Å². The maximum Gasteiger partial charge on any atom is 0.0727 e. The van der Waals surface area contributed by atoms with Crippen molar-refractivity contribution in [1.82, 2.24) is 5.32 Å². The first-order chi connectivity index (χ1) is 7.29.